The summed E-state index contributed by atoms with van der Waals surface area (Å²) in [6.45, 7) is 0. The van der Waals surface area contributed by atoms with Crippen molar-refractivity contribution in [2.75, 3.05) is 0 Å². The Morgan fingerprint density at radius 3 is 2.40 bits per heavy atom. The second-order valence-electron chi connectivity index (χ2n) is 4.29. The van der Waals surface area contributed by atoms with Gasteiger partial charge in [0.2, 0.25) is 5.75 Å². The highest BCUT2D eigenvalue weighted by molar-refractivity contribution is 14.1. The van der Waals surface area contributed by atoms with Crippen molar-refractivity contribution in [2.24, 2.45) is 0 Å². The smallest absolute Gasteiger partial charge is 0.201 e. The van der Waals surface area contributed by atoms with Crippen molar-refractivity contribution < 1.29 is 14.6 Å². The minimum Gasteiger partial charge on any atom is -0.504 e. The highest BCUT2D eigenvalue weighted by Crippen LogP contribution is 2.34. The van der Waals surface area contributed by atoms with E-state index in [0.717, 1.165) is 9.13 Å². The first-order valence-corrected chi connectivity index (χ1v) is 6.89. The number of halogens is 1. The fraction of sp³-hybridized carbons (Fsp3) is 0. The maximum absolute atomic E-state index is 12.0. The highest BCUT2D eigenvalue weighted by Gasteiger charge is 2.13. The van der Waals surface area contributed by atoms with Crippen molar-refractivity contribution in [1.29, 1.82) is 0 Å². The average Bonchev–Trinajstić information content (AvgIpc) is 2.44. The molecule has 0 saturated heterocycles. The lowest BCUT2D eigenvalue weighted by Crippen LogP contribution is -2.00. The van der Waals surface area contributed by atoms with Crippen LogP contribution in [-0.4, -0.2) is 10.2 Å². The number of rotatable bonds is 1. The summed E-state index contributed by atoms with van der Waals surface area (Å²) in [5.74, 6) is -0.396. The van der Waals surface area contributed by atoms with Gasteiger partial charge in [0, 0.05) is 15.2 Å². The second-order valence-corrected chi connectivity index (χ2v) is 5.54. The van der Waals surface area contributed by atoms with Crippen LogP contribution in [0, 0.1) is 3.57 Å². The molecule has 0 spiro atoms. The van der Waals surface area contributed by atoms with Crippen LogP contribution in [0.5, 0.6) is 11.5 Å². The number of hydrogen-bond acceptors (Lipinski definition) is 4. The summed E-state index contributed by atoms with van der Waals surface area (Å²) in [5, 5.41) is 19.5. The Morgan fingerprint density at radius 2 is 1.70 bits per heavy atom. The first kappa shape index (κ1) is 13.0. The molecule has 0 radical (unpaired) electrons. The molecule has 0 aliphatic rings. The summed E-state index contributed by atoms with van der Waals surface area (Å²) in [7, 11) is 0. The Labute approximate surface area is 127 Å². The zero-order chi connectivity index (χ0) is 14.3. The van der Waals surface area contributed by atoms with E-state index in [1.165, 1.54) is 18.2 Å². The molecule has 0 bridgehead atoms. The molecule has 20 heavy (non-hydrogen) atoms. The van der Waals surface area contributed by atoms with Gasteiger partial charge in [0.25, 0.3) is 0 Å². The fourth-order valence-electron chi connectivity index (χ4n) is 1.95. The Morgan fingerprint density at radius 1 is 1.00 bits per heavy atom. The fourth-order valence-corrected chi connectivity index (χ4v) is 2.31. The molecule has 3 rings (SSSR count). The van der Waals surface area contributed by atoms with Crippen molar-refractivity contribution in [1.82, 2.24) is 0 Å². The van der Waals surface area contributed by atoms with Crippen molar-refractivity contribution in [3.63, 3.8) is 0 Å². The van der Waals surface area contributed by atoms with E-state index in [1.54, 1.807) is 0 Å². The molecule has 2 N–H and O–H groups in total. The Balaban J connectivity index is 2.31. The van der Waals surface area contributed by atoms with E-state index >= 15 is 0 Å². The molecule has 3 aromatic rings. The minimum absolute atomic E-state index is 0.00829. The summed E-state index contributed by atoms with van der Waals surface area (Å²) < 4.78 is 6.63. The third kappa shape index (κ3) is 2.14. The van der Waals surface area contributed by atoms with Crippen LogP contribution in [0.3, 0.4) is 0 Å². The van der Waals surface area contributed by atoms with Crippen molar-refractivity contribution in [3.8, 4) is 22.8 Å². The van der Waals surface area contributed by atoms with Gasteiger partial charge in [-0.1, -0.05) is 12.1 Å². The molecule has 4 nitrogen and oxygen atoms in total. The molecule has 0 amide bonds. The summed E-state index contributed by atoms with van der Waals surface area (Å²) in [6.07, 6.45) is 0. The molecule has 0 aliphatic carbocycles. The topological polar surface area (TPSA) is 70.7 Å². The van der Waals surface area contributed by atoms with Gasteiger partial charge in [-0.3, -0.25) is 4.79 Å². The van der Waals surface area contributed by atoms with Crippen LogP contribution in [0.2, 0.25) is 0 Å². The lowest BCUT2D eigenvalue weighted by molar-refractivity contribution is 0.400. The van der Waals surface area contributed by atoms with Gasteiger partial charge in [-0.2, -0.15) is 0 Å². The van der Waals surface area contributed by atoms with Crippen LogP contribution in [0.25, 0.3) is 22.3 Å². The standard InChI is InChI=1S/C15H9IO4/c16-9-3-1-8(2-4-9)13-7-12(18)10-5-6-11(17)14(19)15(10)20-13/h1-7,17,19H. The van der Waals surface area contributed by atoms with Gasteiger partial charge in [-0.25, -0.2) is 0 Å². The zero-order valence-electron chi connectivity index (χ0n) is 10.1. The van der Waals surface area contributed by atoms with E-state index < -0.39 is 5.75 Å². The van der Waals surface area contributed by atoms with Crippen molar-refractivity contribution in [3.05, 3.63) is 56.3 Å². The van der Waals surface area contributed by atoms with Crippen LogP contribution in [0.4, 0.5) is 0 Å². The predicted molar refractivity (Wildman–Crippen MR) is 84.0 cm³/mol. The van der Waals surface area contributed by atoms with Crippen molar-refractivity contribution >= 4 is 33.6 Å². The zero-order valence-corrected chi connectivity index (χ0v) is 12.3. The molecule has 0 fully saturated rings. The van der Waals surface area contributed by atoms with Crippen LogP contribution >= 0.6 is 22.6 Å². The lowest BCUT2D eigenvalue weighted by Gasteiger charge is -2.05. The molecule has 0 unspecified atom stereocenters. The number of hydrogen-bond donors (Lipinski definition) is 2. The lowest BCUT2D eigenvalue weighted by atomic mass is 10.1. The van der Waals surface area contributed by atoms with Crippen LogP contribution in [0.15, 0.2) is 51.7 Å². The van der Waals surface area contributed by atoms with Gasteiger partial charge in [0.05, 0.1) is 5.39 Å². The molecule has 2 aromatic carbocycles. The van der Waals surface area contributed by atoms with Gasteiger partial charge in [-0.05, 0) is 46.9 Å². The van der Waals surface area contributed by atoms with Crippen LogP contribution in [-0.2, 0) is 0 Å². The number of fused-ring (bicyclic) bond motifs is 1. The molecule has 1 aromatic heterocycles. The largest absolute Gasteiger partial charge is 0.504 e. The Hall–Kier alpha value is -2.02. The van der Waals surface area contributed by atoms with Gasteiger partial charge in [0.1, 0.15) is 5.76 Å². The first-order chi connectivity index (χ1) is 9.56. The molecule has 0 aliphatic heterocycles. The summed E-state index contributed by atoms with van der Waals surface area (Å²) in [5.41, 5.74) is 0.452. The minimum atomic E-state index is -0.424. The first-order valence-electron chi connectivity index (χ1n) is 5.81. The third-order valence-electron chi connectivity index (χ3n) is 2.98. The average molecular weight is 380 g/mol. The second kappa shape index (κ2) is 4.82. The monoisotopic (exact) mass is 380 g/mol. The molecule has 1 heterocycles. The van der Waals surface area contributed by atoms with Crippen LogP contribution < -0.4 is 5.43 Å². The molecular weight excluding hydrogens is 371 g/mol. The van der Waals surface area contributed by atoms with E-state index in [0.29, 0.717) is 5.76 Å². The highest BCUT2D eigenvalue weighted by atomic mass is 127. The molecule has 0 atom stereocenters. The Kier molecular flexibility index (Phi) is 3.13. The summed E-state index contributed by atoms with van der Waals surface area (Å²) >= 11 is 2.18. The molecule has 0 saturated carbocycles. The van der Waals surface area contributed by atoms with Gasteiger partial charge in [-0.15, -0.1) is 0 Å². The molecular formula is C15H9IO4. The predicted octanol–water partition coefficient (Wildman–Crippen LogP) is 3.48. The Bertz CT molecular complexity index is 850. The number of phenolic OH excluding ortho intramolecular Hbond substituents is 2. The number of aromatic hydroxyl groups is 2. The van der Waals surface area contributed by atoms with E-state index in [1.807, 2.05) is 24.3 Å². The number of phenols is 2. The normalized spacial score (nSPS) is 10.8. The van der Waals surface area contributed by atoms with Gasteiger partial charge in [0.15, 0.2) is 16.8 Å². The maximum atomic E-state index is 12.0. The van der Waals surface area contributed by atoms with Gasteiger partial charge >= 0.3 is 0 Å². The SMILES string of the molecule is O=c1cc(-c2ccc(I)cc2)oc2c(O)c(O)ccc12. The summed E-state index contributed by atoms with van der Waals surface area (Å²) in [4.78, 5) is 12.0. The number of benzene rings is 2. The summed E-state index contributed by atoms with van der Waals surface area (Å²) in [6, 6.07) is 11.5. The van der Waals surface area contributed by atoms with Crippen LogP contribution in [0.1, 0.15) is 0 Å². The van der Waals surface area contributed by atoms with E-state index in [-0.39, 0.29) is 22.1 Å². The van der Waals surface area contributed by atoms with Crippen molar-refractivity contribution in [2.45, 2.75) is 0 Å². The van der Waals surface area contributed by atoms with Gasteiger partial charge < -0.3 is 14.6 Å². The van der Waals surface area contributed by atoms with E-state index in [9.17, 15) is 15.0 Å². The van der Waals surface area contributed by atoms with E-state index in [2.05, 4.69) is 22.6 Å². The molecule has 100 valence electrons. The van der Waals surface area contributed by atoms with E-state index in [4.69, 9.17) is 4.42 Å². The third-order valence-corrected chi connectivity index (χ3v) is 3.70. The maximum Gasteiger partial charge on any atom is 0.201 e. The molecule has 5 heteroatoms. The quantitative estimate of drug-likeness (QED) is 0.501.